The highest BCUT2D eigenvalue weighted by atomic mass is 32.1. The Balaban J connectivity index is 1.92. The fourth-order valence-electron chi connectivity index (χ4n) is 1.73. The molecule has 2 aromatic rings. The van der Waals surface area contributed by atoms with E-state index in [9.17, 15) is 0 Å². The molecule has 0 aliphatic carbocycles. The summed E-state index contributed by atoms with van der Waals surface area (Å²) in [6.45, 7) is 3.44. The summed E-state index contributed by atoms with van der Waals surface area (Å²) in [6.07, 6.45) is 1.63. The molecule has 0 amide bonds. The third-order valence-electron chi connectivity index (χ3n) is 2.71. The standard InChI is InChI=1S/C12H18N4OS/c1-16(6-4-13-5-7-17-2)11-10-3-8-18-12(10)15-9-14-11/h3,8-9,13H,4-7H2,1-2H3. The van der Waals surface area contributed by atoms with Gasteiger partial charge in [-0.15, -0.1) is 11.3 Å². The molecular weight excluding hydrogens is 248 g/mol. The molecule has 0 radical (unpaired) electrons. The summed E-state index contributed by atoms with van der Waals surface area (Å²) < 4.78 is 4.99. The van der Waals surface area contributed by atoms with Crippen molar-refractivity contribution in [2.45, 2.75) is 0 Å². The third-order valence-corrected chi connectivity index (χ3v) is 3.53. The van der Waals surface area contributed by atoms with E-state index in [0.29, 0.717) is 0 Å². The van der Waals surface area contributed by atoms with Crippen LogP contribution in [-0.4, -0.2) is 50.4 Å². The molecule has 0 spiro atoms. The van der Waals surface area contributed by atoms with Gasteiger partial charge in [0.2, 0.25) is 0 Å². The maximum atomic E-state index is 4.99. The lowest BCUT2D eigenvalue weighted by Crippen LogP contribution is -2.31. The molecule has 1 N–H and O–H groups in total. The molecule has 2 rings (SSSR count). The van der Waals surface area contributed by atoms with Gasteiger partial charge >= 0.3 is 0 Å². The Morgan fingerprint density at radius 2 is 2.28 bits per heavy atom. The van der Waals surface area contributed by atoms with Gasteiger partial charge in [0.1, 0.15) is 17.0 Å². The fourth-order valence-corrected chi connectivity index (χ4v) is 2.46. The first-order valence-corrected chi connectivity index (χ1v) is 6.80. The minimum absolute atomic E-state index is 0.742. The van der Waals surface area contributed by atoms with Gasteiger partial charge in [-0.1, -0.05) is 0 Å². The molecule has 6 heteroatoms. The quantitative estimate of drug-likeness (QED) is 0.767. The van der Waals surface area contributed by atoms with Crippen molar-refractivity contribution in [3.05, 3.63) is 17.8 Å². The van der Waals surface area contributed by atoms with Gasteiger partial charge in [0.15, 0.2) is 0 Å². The second-order valence-corrected chi connectivity index (χ2v) is 4.90. The molecule has 0 aliphatic heterocycles. The molecule has 0 atom stereocenters. The van der Waals surface area contributed by atoms with Gasteiger partial charge in [0.05, 0.1) is 12.0 Å². The van der Waals surface area contributed by atoms with Crippen LogP contribution in [0.15, 0.2) is 17.8 Å². The van der Waals surface area contributed by atoms with Gasteiger partial charge < -0.3 is 15.0 Å². The summed E-state index contributed by atoms with van der Waals surface area (Å²) in [5.74, 6) is 0.995. The highest BCUT2D eigenvalue weighted by Gasteiger charge is 2.08. The molecular formula is C12H18N4OS. The van der Waals surface area contributed by atoms with E-state index in [0.717, 1.165) is 42.3 Å². The lowest BCUT2D eigenvalue weighted by atomic mass is 10.3. The number of hydrogen-bond acceptors (Lipinski definition) is 6. The molecule has 98 valence electrons. The maximum Gasteiger partial charge on any atom is 0.140 e. The minimum Gasteiger partial charge on any atom is -0.383 e. The first-order valence-electron chi connectivity index (χ1n) is 5.92. The average Bonchev–Trinajstić information content (AvgIpc) is 2.86. The highest BCUT2D eigenvalue weighted by molar-refractivity contribution is 7.16. The van der Waals surface area contributed by atoms with E-state index in [1.54, 1.807) is 24.8 Å². The summed E-state index contributed by atoms with van der Waals surface area (Å²) in [7, 11) is 3.76. The van der Waals surface area contributed by atoms with Crippen molar-refractivity contribution in [2.24, 2.45) is 0 Å². The number of nitrogens with one attached hydrogen (secondary N) is 1. The monoisotopic (exact) mass is 266 g/mol. The first kappa shape index (κ1) is 13.2. The number of fused-ring (bicyclic) bond motifs is 1. The number of anilines is 1. The van der Waals surface area contributed by atoms with E-state index in [2.05, 4.69) is 33.3 Å². The normalized spacial score (nSPS) is 11.0. The predicted octanol–water partition coefficient (Wildman–Crippen LogP) is 1.36. The van der Waals surface area contributed by atoms with Crippen LogP contribution in [0.25, 0.3) is 10.2 Å². The van der Waals surface area contributed by atoms with Crippen molar-refractivity contribution < 1.29 is 4.74 Å². The molecule has 5 nitrogen and oxygen atoms in total. The average molecular weight is 266 g/mol. The third kappa shape index (κ3) is 3.16. The van der Waals surface area contributed by atoms with E-state index in [-0.39, 0.29) is 0 Å². The Hall–Kier alpha value is -1.24. The smallest absolute Gasteiger partial charge is 0.140 e. The van der Waals surface area contributed by atoms with Crippen LogP contribution in [-0.2, 0) is 4.74 Å². The van der Waals surface area contributed by atoms with Crippen molar-refractivity contribution in [2.75, 3.05) is 45.3 Å². The van der Waals surface area contributed by atoms with E-state index < -0.39 is 0 Å². The van der Waals surface area contributed by atoms with Gasteiger partial charge in [0, 0.05) is 33.8 Å². The van der Waals surface area contributed by atoms with Crippen molar-refractivity contribution >= 4 is 27.4 Å². The number of thiophene rings is 1. The molecule has 2 aromatic heterocycles. The molecule has 18 heavy (non-hydrogen) atoms. The Morgan fingerprint density at radius 1 is 1.39 bits per heavy atom. The Morgan fingerprint density at radius 3 is 3.11 bits per heavy atom. The van der Waals surface area contributed by atoms with Crippen molar-refractivity contribution in [3.8, 4) is 0 Å². The highest BCUT2D eigenvalue weighted by Crippen LogP contribution is 2.25. The molecule has 0 saturated carbocycles. The Labute approximate surface area is 111 Å². The summed E-state index contributed by atoms with van der Waals surface area (Å²) in [6, 6.07) is 2.07. The number of methoxy groups -OCH3 is 1. The molecule has 0 unspecified atom stereocenters. The van der Waals surface area contributed by atoms with E-state index in [4.69, 9.17) is 4.74 Å². The summed E-state index contributed by atoms with van der Waals surface area (Å²) in [5, 5.41) is 6.50. The number of nitrogens with zero attached hydrogens (tertiary/aromatic N) is 3. The van der Waals surface area contributed by atoms with Crippen LogP contribution in [0, 0.1) is 0 Å². The van der Waals surface area contributed by atoms with E-state index >= 15 is 0 Å². The summed E-state index contributed by atoms with van der Waals surface area (Å²) in [4.78, 5) is 11.8. The number of ether oxygens (including phenoxy) is 1. The number of hydrogen-bond donors (Lipinski definition) is 1. The summed E-state index contributed by atoms with van der Waals surface area (Å²) in [5.41, 5.74) is 0. The van der Waals surface area contributed by atoms with Crippen LogP contribution in [0.1, 0.15) is 0 Å². The lowest BCUT2D eigenvalue weighted by molar-refractivity contribution is 0.200. The van der Waals surface area contributed by atoms with Crippen LogP contribution in [0.3, 0.4) is 0 Å². The van der Waals surface area contributed by atoms with Crippen LogP contribution >= 0.6 is 11.3 Å². The van der Waals surface area contributed by atoms with Gasteiger partial charge in [-0.3, -0.25) is 0 Å². The maximum absolute atomic E-state index is 4.99. The number of likely N-dealkylation sites (N-methyl/N-ethyl adjacent to an activating group) is 1. The van der Waals surface area contributed by atoms with Gasteiger partial charge in [-0.05, 0) is 11.4 Å². The predicted molar refractivity (Wildman–Crippen MR) is 75.4 cm³/mol. The van der Waals surface area contributed by atoms with Crippen LogP contribution in [0.4, 0.5) is 5.82 Å². The number of aromatic nitrogens is 2. The Bertz CT molecular complexity index is 488. The lowest BCUT2D eigenvalue weighted by Gasteiger charge is -2.18. The van der Waals surface area contributed by atoms with Gasteiger partial charge in [-0.25, -0.2) is 9.97 Å². The summed E-state index contributed by atoms with van der Waals surface area (Å²) >= 11 is 1.64. The zero-order valence-electron chi connectivity index (χ0n) is 10.7. The van der Waals surface area contributed by atoms with E-state index in [1.807, 2.05) is 5.38 Å². The first-order chi connectivity index (χ1) is 8.83. The Kier molecular flexibility index (Phi) is 4.86. The van der Waals surface area contributed by atoms with Crippen LogP contribution < -0.4 is 10.2 Å². The molecule has 0 saturated heterocycles. The van der Waals surface area contributed by atoms with Gasteiger partial charge in [-0.2, -0.15) is 0 Å². The molecule has 0 aromatic carbocycles. The fraction of sp³-hybridized carbons (Fsp3) is 0.500. The topological polar surface area (TPSA) is 50.3 Å². The zero-order chi connectivity index (χ0) is 12.8. The van der Waals surface area contributed by atoms with Crippen molar-refractivity contribution in [1.29, 1.82) is 0 Å². The second kappa shape index (κ2) is 6.63. The van der Waals surface area contributed by atoms with Crippen LogP contribution in [0.2, 0.25) is 0 Å². The van der Waals surface area contributed by atoms with Crippen molar-refractivity contribution in [1.82, 2.24) is 15.3 Å². The van der Waals surface area contributed by atoms with E-state index in [1.165, 1.54) is 0 Å². The number of rotatable bonds is 7. The SMILES string of the molecule is COCCNCCN(C)c1ncnc2sccc12. The van der Waals surface area contributed by atoms with Crippen molar-refractivity contribution in [3.63, 3.8) is 0 Å². The second-order valence-electron chi connectivity index (χ2n) is 4.00. The molecule has 0 fully saturated rings. The zero-order valence-corrected chi connectivity index (χ0v) is 11.5. The molecule has 2 heterocycles. The minimum atomic E-state index is 0.742. The molecule has 0 aliphatic rings. The largest absolute Gasteiger partial charge is 0.383 e. The molecule has 0 bridgehead atoms. The van der Waals surface area contributed by atoms with Crippen LogP contribution in [0.5, 0.6) is 0 Å². The van der Waals surface area contributed by atoms with Gasteiger partial charge in [0.25, 0.3) is 0 Å².